The van der Waals surface area contributed by atoms with E-state index in [0.717, 1.165) is 37.0 Å². The summed E-state index contributed by atoms with van der Waals surface area (Å²) in [5.74, 6) is -3.32. The zero-order valence-corrected chi connectivity index (χ0v) is 41.9. The van der Waals surface area contributed by atoms with Crippen molar-refractivity contribution in [2.45, 2.75) is 162 Å². The van der Waals surface area contributed by atoms with E-state index >= 15 is 0 Å². The molecule has 1 aromatic rings. The maximum atomic E-state index is 14.0. The Bertz CT molecular complexity index is 1940. The van der Waals surface area contributed by atoms with Crippen molar-refractivity contribution in [3.05, 3.63) is 42.0 Å². The number of hydrogen-bond acceptors (Lipinski definition) is 11. The van der Waals surface area contributed by atoms with Crippen LogP contribution in [0.1, 0.15) is 125 Å². The van der Waals surface area contributed by atoms with Crippen molar-refractivity contribution < 1.29 is 52.6 Å². The number of unbranched alkanes of at least 4 members (excludes halogenated alkanes) is 2. The van der Waals surface area contributed by atoms with E-state index in [4.69, 9.17) is 15.2 Å². The average Bonchev–Trinajstić information content (AvgIpc) is 3.94. The van der Waals surface area contributed by atoms with Crippen LogP contribution in [0.15, 0.2) is 36.4 Å². The standard InChI is InChI=1S/C49H77N9O11/c1-10-36(68-9)42(33-17-13-14-18-33)57(8)45(64)41(31(4)5)55-46(65)49(6,7)56-48(67)69-29-32-21-23-34(24-22-32)52-43(62)35(19-16-27-51-47(50)66)53-44(63)40(30(2)3)54-37(59)20-12-11-15-28-58-38(60)25-26-39(58)61/h21-26,30-31,33,35-36,40-42H,10-20,27-29H2,1-9H3,(H,52,62)(H,53,63)(H,54,59)(H,55,65)(H,56,67)(H3,50,51,66)/t35?,36-,40+,41+,42+/m1/s1. The van der Waals surface area contributed by atoms with Gasteiger partial charge in [-0.25, -0.2) is 9.59 Å². The molecule has 2 aliphatic rings. The Morgan fingerprint density at radius 1 is 0.841 bits per heavy atom. The van der Waals surface area contributed by atoms with Gasteiger partial charge in [0.15, 0.2) is 0 Å². The van der Waals surface area contributed by atoms with Crippen LogP contribution in [0.5, 0.6) is 0 Å². The minimum atomic E-state index is -1.46. The lowest BCUT2D eigenvalue weighted by atomic mass is 9.89. The summed E-state index contributed by atoms with van der Waals surface area (Å²) in [4.78, 5) is 118. The third-order valence-electron chi connectivity index (χ3n) is 12.6. The van der Waals surface area contributed by atoms with E-state index in [9.17, 15) is 43.2 Å². The Balaban J connectivity index is 1.56. The van der Waals surface area contributed by atoms with Gasteiger partial charge in [-0.3, -0.25) is 38.5 Å². The average molecular weight is 968 g/mol. The molecular weight excluding hydrogens is 891 g/mol. The number of amides is 10. The molecule has 1 aliphatic carbocycles. The topological polar surface area (TPSA) is 277 Å². The number of likely N-dealkylation sites (N-methyl/N-ethyl adjacent to an activating group) is 1. The van der Waals surface area contributed by atoms with Gasteiger partial charge in [0.2, 0.25) is 29.5 Å². The second kappa shape index (κ2) is 27.8. The highest BCUT2D eigenvalue weighted by molar-refractivity contribution is 6.12. The first-order valence-corrected chi connectivity index (χ1v) is 24.2. The molecule has 0 radical (unpaired) electrons. The van der Waals surface area contributed by atoms with Gasteiger partial charge in [0, 0.05) is 51.5 Å². The number of nitrogens with two attached hydrogens (primary N) is 1. The highest BCUT2D eigenvalue weighted by Gasteiger charge is 2.41. The number of primary amides is 1. The second-order valence-corrected chi connectivity index (χ2v) is 19.1. The molecule has 1 fully saturated rings. The molecule has 0 spiro atoms. The molecule has 69 heavy (non-hydrogen) atoms. The fraction of sp³-hybridized carbons (Fsp3) is 0.653. The van der Waals surface area contributed by atoms with Crippen LogP contribution in [0.2, 0.25) is 0 Å². The number of carbonyl (C=O) groups excluding carboxylic acids is 9. The molecule has 1 aromatic carbocycles. The minimum Gasteiger partial charge on any atom is -0.445 e. The molecule has 5 atom stereocenters. The van der Waals surface area contributed by atoms with E-state index in [-0.39, 0.29) is 86.6 Å². The Kier molecular flexibility index (Phi) is 23.1. The molecular formula is C49H77N9O11. The molecule has 3 rings (SSSR count). The van der Waals surface area contributed by atoms with Gasteiger partial charge >= 0.3 is 12.1 Å². The quantitative estimate of drug-likeness (QED) is 0.0469. The van der Waals surface area contributed by atoms with Crippen molar-refractivity contribution in [1.82, 2.24) is 36.4 Å². The first-order chi connectivity index (χ1) is 32.6. The normalized spacial score (nSPS) is 16.1. The lowest BCUT2D eigenvalue weighted by Gasteiger charge is -2.40. The summed E-state index contributed by atoms with van der Waals surface area (Å²) in [5.41, 5.74) is 4.67. The van der Waals surface area contributed by atoms with Crippen LogP contribution in [-0.2, 0) is 49.6 Å². The highest BCUT2D eigenvalue weighted by Crippen LogP contribution is 2.33. The Labute approximate surface area is 406 Å². The third-order valence-corrected chi connectivity index (χ3v) is 12.6. The summed E-state index contributed by atoms with van der Waals surface area (Å²) >= 11 is 0. The molecule has 8 N–H and O–H groups in total. The number of carbonyl (C=O) groups is 9. The molecule has 20 heteroatoms. The number of imide groups is 1. The number of nitrogens with zero attached hydrogens (tertiary/aromatic N) is 2. The van der Waals surface area contributed by atoms with E-state index in [1.807, 2.05) is 20.8 Å². The van der Waals surface area contributed by atoms with Crippen LogP contribution in [0.3, 0.4) is 0 Å². The molecule has 1 unspecified atom stereocenters. The first kappa shape index (κ1) is 57.3. The van der Waals surface area contributed by atoms with Crippen molar-refractivity contribution in [1.29, 1.82) is 0 Å². The molecule has 20 nitrogen and oxygen atoms in total. The maximum Gasteiger partial charge on any atom is 0.408 e. The zero-order valence-electron chi connectivity index (χ0n) is 41.9. The number of anilines is 1. The molecule has 384 valence electrons. The smallest absolute Gasteiger partial charge is 0.408 e. The molecule has 0 aromatic heterocycles. The number of ether oxygens (including phenoxy) is 2. The highest BCUT2D eigenvalue weighted by atomic mass is 16.5. The van der Waals surface area contributed by atoms with E-state index in [2.05, 4.69) is 31.9 Å². The SMILES string of the molecule is CC[C@@H](OC)[C@H](C1CCCC1)N(C)C(=O)[C@@H](NC(=O)C(C)(C)NC(=O)OCc1ccc(NC(=O)C(CCCNC(N)=O)NC(=O)[C@@H](NC(=O)CCCCCN2C(=O)C=CC2=O)C(C)C)cc1)C(C)C. The minimum absolute atomic E-state index is 0.108. The van der Waals surface area contributed by atoms with Crippen molar-refractivity contribution in [2.24, 2.45) is 23.5 Å². The number of urea groups is 1. The van der Waals surface area contributed by atoms with Gasteiger partial charge in [0.25, 0.3) is 11.8 Å². The third kappa shape index (κ3) is 18.1. The second-order valence-electron chi connectivity index (χ2n) is 19.1. The van der Waals surface area contributed by atoms with Crippen LogP contribution in [0.25, 0.3) is 0 Å². The Morgan fingerprint density at radius 2 is 1.46 bits per heavy atom. The van der Waals surface area contributed by atoms with Gasteiger partial charge in [0.05, 0.1) is 12.1 Å². The largest absolute Gasteiger partial charge is 0.445 e. The lowest BCUT2D eigenvalue weighted by molar-refractivity contribution is -0.143. The van der Waals surface area contributed by atoms with Crippen molar-refractivity contribution in [3.63, 3.8) is 0 Å². The van der Waals surface area contributed by atoms with Gasteiger partial charge < -0.3 is 52.0 Å². The Morgan fingerprint density at radius 3 is 2.03 bits per heavy atom. The van der Waals surface area contributed by atoms with Gasteiger partial charge in [0.1, 0.15) is 30.3 Å². The predicted octanol–water partition coefficient (Wildman–Crippen LogP) is 3.77. The molecule has 0 bridgehead atoms. The molecule has 1 heterocycles. The van der Waals surface area contributed by atoms with Crippen LogP contribution < -0.4 is 37.6 Å². The maximum absolute atomic E-state index is 14.0. The van der Waals surface area contributed by atoms with E-state index in [0.29, 0.717) is 36.4 Å². The molecule has 1 saturated carbocycles. The van der Waals surface area contributed by atoms with Gasteiger partial charge in [-0.2, -0.15) is 0 Å². The van der Waals surface area contributed by atoms with Crippen LogP contribution in [-0.4, -0.2) is 126 Å². The number of nitrogens with one attached hydrogen (secondary N) is 6. The number of rotatable bonds is 28. The number of alkyl carbamates (subject to hydrolysis) is 1. The summed E-state index contributed by atoms with van der Waals surface area (Å²) < 4.78 is 11.3. The summed E-state index contributed by atoms with van der Waals surface area (Å²) in [7, 11) is 3.43. The fourth-order valence-electron chi connectivity index (χ4n) is 8.54. The Hall–Kier alpha value is -6.05. The number of hydrogen-bond donors (Lipinski definition) is 7. The predicted molar refractivity (Wildman–Crippen MR) is 259 cm³/mol. The fourth-order valence-corrected chi connectivity index (χ4v) is 8.54. The van der Waals surface area contributed by atoms with Gasteiger partial charge in [-0.05, 0) is 94.2 Å². The number of benzene rings is 1. The van der Waals surface area contributed by atoms with Gasteiger partial charge in [-0.1, -0.05) is 66.0 Å². The van der Waals surface area contributed by atoms with Crippen molar-refractivity contribution in [2.75, 3.05) is 32.6 Å². The monoisotopic (exact) mass is 968 g/mol. The summed E-state index contributed by atoms with van der Waals surface area (Å²) in [6, 6.07) is 2.64. The summed E-state index contributed by atoms with van der Waals surface area (Å²) in [6.45, 7) is 12.5. The summed E-state index contributed by atoms with van der Waals surface area (Å²) in [6.07, 6.45) is 8.44. The van der Waals surface area contributed by atoms with Crippen molar-refractivity contribution in [3.8, 4) is 0 Å². The van der Waals surface area contributed by atoms with E-state index < -0.39 is 53.5 Å². The van der Waals surface area contributed by atoms with E-state index in [1.165, 1.54) is 26.0 Å². The molecule has 10 amide bonds. The van der Waals surface area contributed by atoms with E-state index in [1.54, 1.807) is 57.2 Å². The first-order valence-electron chi connectivity index (χ1n) is 24.2. The van der Waals surface area contributed by atoms with Crippen LogP contribution in [0.4, 0.5) is 15.3 Å². The van der Waals surface area contributed by atoms with Crippen LogP contribution in [0, 0.1) is 17.8 Å². The zero-order chi connectivity index (χ0) is 51.4. The molecule has 0 saturated heterocycles. The van der Waals surface area contributed by atoms with Crippen molar-refractivity contribution >= 4 is 59.2 Å². The number of methoxy groups -OCH3 is 1. The lowest BCUT2D eigenvalue weighted by Crippen LogP contribution is -2.62. The summed E-state index contributed by atoms with van der Waals surface area (Å²) in [5, 5.41) is 16.2. The molecule has 1 aliphatic heterocycles. The van der Waals surface area contributed by atoms with Crippen LogP contribution >= 0.6 is 0 Å². The van der Waals surface area contributed by atoms with Gasteiger partial charge in [-0.15, -0.1) is 0 Å².